The summed E-state index contributed by atoms with van der Waals surface area (Å²) < 4.78 is 1.81. The fourth-order valence-electron chi connectivity index (χ4n) is 1.83. The molecule has 0 saturated carbocycles. The minimum atomic E-state index is -0.258. The number of benzene rings is 1. The predicted octanol–water partition coefficient (Wildman–Crippen LogP) is 2.98. The molecule has 0 unspecified atom stereocenters. The van der Waals surface area contributed by atoms with Gasteiger partial charge in [0.15, 0.2) is 5.43 Å². The van der Waals surface area contributed by atoms with Crippen molar-refractivity contribution in [1.82, 2.24) is 4.57 Å². The molecule has 0 saturated heterocycles. The van der Waals surface area contributed by atoms with Gasteiger partial charge in [-0.15, -0.1) is 0 Å². The van der Waals surface area contributed by atoms with Gasteiger partial charge in [-0.1, -0.05) is 17.7 Å². The Kier molecular flexibility index (Phi) is 3.22. The van der Waals surface area contributed by atoms with Crippen LogP contribution >= 0.6 is 11.6 Å². The molecule has 0 aliphatic heterocycles. The lowest BCUT2D eigenvalue weighted by atomic mass is 10.1. The van der Waals surface area contributed by atoms with E-state index >= 15 is 0 Å². The van der Waals surface area contributed by atoms with Crippen molar-refractivity contribution in [2.24, 2.45) is 0 Å². The molecule has 0 radical (unpaired) electrons. The lowest BCUT2D eigenvalue weighted by molar-refractivity contribution is 0.957. The lowest BCUT2D eigenvalue weighted by Crippen LogP contribution is -2.12. The number of pyridine rings is 1. The molecule has 0 bridgehead atoms. The Bertz CT molecular complexity index is 711. The van der Waals surface area contributed by atoms with Gasteiger partial charge in [-0.05, 0) is 31.5 Å². The number of nitriles is 1. The third kappa shape index (κ3) is 2.03. The molecule has 18 heavy (non-hydrogen) atoms. The van der Waals surface area contributed by atoms with Crippen LogP contribution in [0.1, 0.15) is 16.8 Å². The zero-order chi connectivity index (χ0) is 13.3. The predicted molar refractivity (Wildman–Crippen MR) is 71.2 cm³/mol. The molecule has 0 N–H and O–H groups in total. The number of hydrogen-bond acceptors (Lipinski definition) is 2. The van der Waals surface area contributed by atoms with Crippen molar-refractivity contribution in [3.63, 3.8) is 0 Å². The Morgan fingerprint density at radius 3 is 2.72 bits per heavy atom. The van der Waals surface area contributed by atoms with Gasteiger partial charge in [0, 0.05) is 28.7 Å². The van der Waals surface area contributed by atoms with Crippen LogP contribution in [-0.4, -0.2) is 4.57 Å². The molecule has 0 aliphatic carbocycles. The monoisotopic (exact) mass is 258 g/mol. The first-order valence-corrected chi connectivity index (χ1v) is 5.81. The van der Waals surface area contributed by atoms with E-state index < -0.39 is 0 Å². The van der Waals surface area contributed by atoms with E-state index in [0.29, 0.717) is 5.02 Å². The van der Waals surface area contributed by atoms with E-state index in [1.54, 1.807) is 10.8 Å². The summed E-state index contributed by atoms with van der Waals surface area (Å²) >= 11 is 6.08. The van der Waals surface area contributed by atoms with Gasteiger partial charge in [0.2, 0.25) is 0 Å². The molecule has 0 atom stereocenters. The fourth-order valence-corrected chi connectivity index (χ4v) is 2.00. The summed E-state index contributed by atoms with van der Waals surface area (Å²) in [4.78, 5) is 11.5. The van der Waals surface area contributed by atoms with Crippen LogP contribution in [0.2, 0.25) is 5.02 Å². The quantitative estimate of drug-likeness (QED) is 0.789. The van der Waals surface area contributed by atoms with E-state index in [-0.39, 0.29) is 11.0 Å². The number of aryl methyl sites for hydroxylation is 1. The van der Waals surface area contributed by atoms with Crippen molar-refractivity contribution in [2.75, 3.05) is 0 Å². The Labute approximate surface area is 110 Å². The minimum Gasteiger partial charge on any atom is -0.319 e. The number of halogens is 1. The van der Waals surface area contributed by atoms with Gasteiger partial charge in [-0.3, -0.25) is 4.79 Å². The third-order valence-electron chi connectivity index (χ3n) is 2.86. The van der Waals surface area contributed by atoms with Crippen LogP contribution < -0.4 is 5.43 Å². The average Bonchev–Trinajstić information content (AvgIpc) is 2.34. The average molecular weight is 259 g/mol. The molecule has 90 valence electrons. The molecule has 1 aromatic carbocycles. The summed E-state index contributed by atoms with van der Waals surface area (Å²) in [7, 11) is 0. The highest BCUT2D eigenvalue weighted by atomic mass is 35.5. The second kappa shape index (κ2) is 4.67. The first-order valence-electron chi connectivity index (χ1n) is 5.43. The lowest BCUT2D eigenvalue weighted by Gasteiger charge is -2.14. The highest BCUT2D eigenvalue weighted by Gasteiger charge is 2.08. The number of hydrogen-bond donors (Lipinski definition) is 0. The Hall–Kier alpha value is -2.05. The van der Waals surface area contributed by atoms with Gasteiger partial charge in [-0.2, -0.15) is 5.26 Å². The van der Waals surface area contributed by atoms with Crippen molar-refractivity contribution >= 4 is 11.6 Å². The molecular weight excluding hydrogens is 248 g/mol. The molecule has 1 aromatic heterocycles. The zero-order valence-corrected chi connectivity index (χ0v) is 10.8. The molecule has 0 amide bonds. The van der Waals surface area contributed by atoms with Gasteiger partial charge in [0.05, 0.1) is 0 Å². The van der Waals surface area contributed by atoms with Crippen molar-refractivity contribution < 1.29 is 0 Å². The molecule has 0 fully saturated rings. The maximum absolute atomic E-state index is 11.5. The first kappa shape index (κ1) is 12.4. The summed E-state index contributed by atoms with van der Waals surface area (Å²) in [6, 6.07) is 8.91. The molecular formula is C14H11ClN2O. The highest BCUT2D eigenvalue weighted by Crippen LogP contribution is 2.22. The largest absolute Gasteiger partial charge is 0.319 e. The maximum Gasteiger partial charge on any atom is 0.199 e. The van der Waals surface area contributed by atoms with Gasteiger partial charge in [0.1, 0.15) is 11.6 Å². The summed E-state index contributed by atoms with van der Waals surface area (Å²) in [5.74, 6) is 0. The maximum atomic E-state index is 11.5. The first-order chi connectivity index (χ1) is 8.54. The minimum absolute atomic E-state index is 0.125. The zero-order valence-electron chi connectivity index (χ0n) is 10.1. The molecule has 3 nitrogen and oxygen atoms in total. The van der Waals surface area contributed by atoms with E-state index in [2.05, 4.69) is 0 Å². The van der Waals surface area contributed by atoms with E-state index in [0.717, 1.165) is 16.9 Å². The number of aromatic nitrogens is 1. The highest BCUT2D eigenvalue weighted by molar-refractivity contribution is 6.31. The van der Waals surface area contributed by atoms with Gasteiger partial charge < -0.3 is 4.57 Å². The SMILES string of the molecule is Cc1c(Cl)cccc1-n1cc(C#N)c(=O)cc1C. The third-order valence-corrected chi connectivity index (χ3v) is 3.27. The smallest absolute Gasteiger partial charge is 0.199 e. The molecule has 2 rings (SSSR count). The molecule has 1 heterocycles. The Morgan fingerprint density at radius 1 is 1.33 bits per heavy atom. The number of nitrogens with zero attached hydrogens (tertiary/aromatic N) is 2. The molecule has 4 heteroatoms. The van der Waals surface area contributed by atoms with E-state index in [1.165, 1.54) is 6.07 Å². The van der Waals surface area contributed by atoms with Gasteiger partial charge in [0.25, 0.3) is 0 Å². The number of rotatable bonds is 1. The summed E-state index contributed by atoms with van der Waals surface area (Å²) in [6.07, 6.45) is 1.55. The van der Waals surface area contributed by atoms with Gasteiger partial charge in [-0.25, -0.2) is 0 Å². The Balaban J connectivity index is 2.76. The fraction of sp³-hybridized carbons (Fsp3) is 0.143. The van der Waals surface area contributed by atoms with Crippen molar-refractivity contribution in [2.45, 2.75) is 13.8 Å². The van der Waals surface area contributed by atoms with Gasteiger partial charge >= 0.3 is 0 Å². The molecule has 0 aliphatic rings. The second-order valence-corrected chi connectivity index (χ2v) is 4.47. The van der Waals surface area contributed by atoms with E-state index in [1.807, 2.05) is 38.1 Å². The molecule has 0 spiro atoms. The van der Waals surface area contributed by atoms with Crippen molar-refractivity contribution in [3.05, 3.63) is 62.5 Å². The van der Waals surface area contributed by atoms with Crippen LogP contribution in [0.3, 0.4) is 0 Å². The van der Waals surface area contributed by atoms with Crippen LogP contribution in [0.5, 0.6) is 0 Å². The van der Waals surface area contributed by atoms with Crippen LogP contribution in [0.25, 0.3) is 5.69 Å². The topological polar surface area (TPSA) is 45.8 Å². The second-order valence-electron chi connectivity index (χ2n) is 4.06. The van der Waals surface area contributed by atoms with Crippen LogP contribution in [0.15, 0.2) is 35.3 Å². The van der Waals surface area contributed by atoms with E-state index in [9.17, 15) is 4.79 Å². The van der Waals surface area contributed by atoms with Crippen LogP contribution in [0, 0.1) is 25.2 Å². The van der Waals surface area contributed by atoms with E-state index in [4.69, 9.17) is 16.9 Å². The van der Waals surface area contributed by atoms with Crippen LogP contribution in [0.4, 0.5) is 0 Å². The standard InChI is InChI=1S/C14H11ClN2O/c1-9-6-14(18)11(7-16)8-17(9)13-5-3-4-12(15)10(13)2/h3-6,8H,1-2H3. The Morgan fingerprint density at radius 2 is 2.06 bits per heavy atom. The van der Waals surface area contributed by atoms with Crippen LogP contribution in [-0.2, 0) is 0 Å². The normalized spacial score (nSPS) is 10.1. The summed E-state index contributed by atoms with van der Waals surface area (Å²) in [5.41, 5.74) is 2.42. The van der Waals surface area contributed by atoms with Crippen molar-refractivity contribution in [1.29, 1.82) is 5.26 Å². The summed E-state index contributed by atoms with van der Waals surface area (Å²) in [5, 5.41) is 9.57. The molecule has 2 aromatic rings. The van der Waals surface area contributed by atoms with Crippen molar-refractivity contribution in [3.8, 4) is 11.8 Å². The summed E-state index contributed by atoms with van der Waals surface area (Å²) in [6.45, 7) is 3.73.